The fourth-order valence-electron chi connectivity index (χ4n) is 2.24. The number of carboxylic acid groups (broad SMARTS) is 1. The van der Waals surface area contributed by atoms with Gasteiger partial charge in [-0.1, -0.05) is 18.2 Å². The average molecular weight is 276 g/mol. The Hall–Kier alpha value is -2.18. The predicted molar refractivity (Wildman–Crippen MR) is 73.2 cm³/mol. The van der Waals surface area contributed by atoms with E-state index in [-0.39, 0.29) is 12.8 Å². The number of aliphatic carboxylic acids is 1. The van der Waals surface area contributed by atoms with Gasteiger partial charge in [-0.25, -0.2) is 0 Å². The minimum atomic E-state index is -1.79. The van der Waals surface area contributed by atoms with E-state index in [1.165, 1.54) is 0 Å². The van der Waals surface area contributed by atoms with Crippen LogP contribution in [0.5, 0.6) is 0 Å². The number of aldehydes is 1. The summed E-state index contributed by atoms with van der Waals surface area (Å²) in [5, 5.41) is 19.9. The molecule has 0 amide bonds. The van der Waals surface area contributed by atoms with Crippen molar-refractivity contribution in [1.29, 1.82) is 0 Å². The van der Waals surface area contributed by atoms with Gasteiger partial charge in [0.15, 0.2) is 6.29 Å². The van der Waals surface area contributed by atoms with Crippen molar-refractivity contribution in [3.05, 3.63) is 36.0 Å². The van der Waals surface area contributed by atoms with Gasteiger partial charge in [-0.3, -0.25) is 4.79 Å². The number of fused-ring (bicyclic) bond motifs is 1. The second-order valence-electron chi connectivity index (χ2n) is 4.91. The minimum absolute atomic E-state index is 0.0154. The number of aromatic amines is 1. The van der Waals surface area contributed by atoms with Crippen molar-refractivity contribution >= 4 is 23.2 Å². The van der Waals surface area contributed by atoms with Gasteiger partial charge in [-0.15, -0.1) is 0 Å². The molecule has 0 saturated heterocycles. The molecular formula is C14H16N2O4. The molecular weight excluding hydrogens is 260 g/mol. The molecule has 20 heavy (non-hydrogen) atoms. The summed E-state index contributed by atoms with van der Waals surface area (Å²) in [4.78, 5) is 24.9. The van der Waals surface area contributed by atoms with E-state index in [4.69, 9.17) is 10.8 Å². The van der Waals surface area contributed by atoms with Crippen molar-refractivity contribution < 1.29 is 19.8 Å². The molecule has 6 nitrogen and oxygen atoms in total. The van der Waals surface area contributed by atoms with Crippen LogP contribution in [0.3, 0.4) is 0 Å². The summed E-state index contributed by atoms with van der Waals surface area (Å²) in [6.07, 6.45) is 1.75. The third-order valence-electron chi connectivity index (χ3n) is 3.28. The van der Waals surface area contributed by atoms with E-state index in [9.17, 15) is 14.7 Å². The number of nitrogens with two attached hydrogens (primary N) is 1. The molecule has 0 aliphatic rings. The Morgan fingerprint density at radius 1 is 1.45 bits per heavy atom. The van der Waals surface area contributed by atoms with E-state index in [0.717, 1.165) is 16.5 Å². The fraction of sp³-hybridized carbons (Fsp3) is 0.286. The monoisotopic (exact) mass is 276 g/mol. The Morgan fingerprint density at radius 3 is 2.80 bits per heavy atom. The molecule has 5 N–H and O–H groups in total. The molecule has 106 valence electrons. The summed E-state index contributed by atoms with van der Waals surface area (Å²) in [7, 11) is 0. The Bertz CT molecular complexity index is 637. The van der Waals surface area contributed by atoms with Gasteiger partial charge in [0.05, 0.1) is 0 Å². The van der Waals surface area contributed by atoms with Gasteiger partial charge >= 0.3 is 5.97 Å². The zero-order chi connectivity index (χ0) is 14.8. The lowest BCUT2D eigenvalue weighted by atomic mass is 9.89. The number of hydrogen-bond acceptors (Lipinski definition) is 4. The van der Waals surface area contributed by atoms with Crippen LogP contribution in [0.1, 0.15) is 12.0 Å². The summed E-state index contributed by atoms with van der Waals surface area (Å²) < 4.78 is 0. The molecule has 1 aromatic heterocycles. The van der Waals surface area contributed by atoms with E-state index in [0.29, 0.717) is 6.29 Å². The van der Waals surface area contributed by atoms with Gasteiger partial charge in [0.2, 0.25) is 0 Å². The normalized spacial score (nSPS) is 15.7. The Morgan fingerprint density at radius 2 is 2.15 bits per heavy atom. The van der Waals surface area contributed by atoms with E-state index in [1.54, 1.807) is 6.20 Å². The number of carbonyl (C=O) groups is 2. The second-order valence-corrected chi connectivity index (χ2v) is 4.91. The Balaban J connectivity index is 2.25. The first-order valence-corrected chi connectivity index (χ1v) is 6.17. The fourth-order valence-corrected chi connectivity index (χ4v) is 2.24. The van der Waals surface area contributed by atoms with Crippen molar-refractivity contribution in [3.63, 3.8) is 0 Å². The quantitative estimate of drug-likeness (QED) is 0.571. The number of carboxylic acids is 1. The molecule has 0 bridgehead atoms. The number of nitrogens with one attached hydrogen (secondary N) is 1. The Labute approximate surface area is 115 Å². The lowest BCUT2D eigenvalue weighted by molar-refractivity contribution is -0.141. The summed E-state index contributed by atoms with van der Waals surface area (Å²) in [6.45, 7) is 0. The molecule has 0 aliphatic heterocycles. The molecule has 2 atom stereocenters. The lowest BCUT2D eigenvalue weighted by Crippen LogP contribution is -2.43. The first-order chi connectivity index (χ1) is 9.45. The van der Waals surface area contributed by atoms with Crippen LogP contribution < -0.4 is 5.73 Å². The van der Waals surface area contributed by atoms with Crippen molar-refractivity contribution in [3.8, 4) is 0 Å². The van der Waals surface area contributed by atoms with Gasteiger partial charge in [0.25, 0.3) is 0 Å². The van der Waals surface area contributed by atoms with Crippen LogP contribution in [0, 0.1) is 0 Å². The number of H-pyrrole nitrogens is 1. The molecule has 0 aliphatic carbocycles. The molecule has 0 spiro atoms. The SMILES string of the molecule is N[C@@H](C[C@@](O)(C=O)Cc1c[nH]c2ccccc12)C(=O)O. The van der Waals surface area contributed by atoms with E-state index in [2.05, 4.69) is 4.98 Å². The number of rotatable bonds is 6. The average Bonchev–Trinajstić information content (AvgIpc) is 2.82. The first kappa shape index (κ1) is 14.2. The van der Waals surface area contributed by atoms with Crippen molar-refractivity contribution in [2.75, 3.05) is 0 Å². The summed E-state index contributed by atoms with van der Waals surface area (Å²) in [6, 6.07) is 6.18. The highest BCUT2D eigenvalue weighted by atomic mass is 16.4. The maximum Gasteiger partial charge on any atom is 0.320 e. The summed E-state index contributed by atoms with van der Waals surface area (Å²) in [5.74, 6) is -1.25. The minimum Gasteiger partial charge on any atom is -0.480 e. The van der Waals surface area contributed by atoms with Crippen LogP contribution >= 0.6 is 0 Å². The number of hydrogen-bond donors (Lipinski definition) is 4. The smallest absolute Gasteiger partial charge is 0.320 e. The standard InChI is InChI=1S/C14H16N2O4/c15-11(13(18)19)6-14(20,8-17)5-9-7-16-12-4-2-1-3-10(9)12/h1-4,7-8,11,16,20H,5-6,15H2,(H,18,19)/t11-,14+/m0/s1. The Kier molecular flexibility index (Phi) is 3.87. The summed E-state index contributed by atoms with van der Waals surface area (Å²) in [5.41, 5.74) is 5.24. The predicted octanol–water partition coefficient (Wildman–Crippen LogP) is 0.442. The number of carbonyl (C=O) groups excluding carboxylic acids is 1. The van der Waals surface area contributed by atoms with Crippen LogP contribution in [-0.2, 0) is 16.0 Å². The number of para-hydroxylation sites is 1. The van der Waals surface area contributed by atoms with Gasteiger partial charge in [-0.05, 0) is 11.6 Å². The molecule has 2 rings (SSSR count). The highest BCUT2D eigenvalue weighted by molar-refractivity contribution is 5.84. The number of benzene rings is 1. The summed E-state index contributed by atoms with van der Waals surface area (Å²) >= 11 is 0. The van der Waals surface area contributed by atoms with Crippen LogP contribution in [0.2, 0.25) is 0 Å². The zero-order valence-corrected chi connectivity index (χ0v) is 10.7. The molecule has 0 fully saturated rings. The van der Waals surface area contributed by atoms with Crippen molar-refractivity contribution in [2.24, 2.45) is 5.73 Å². The largest absolute Gasteiger partial charge is 0.480 e. The third kappa shape index (κ3) is 2.87. The lowest BCUT2D eigenvalue weighted by Gasteiger charge is -2.23. The molecule has 6 heteroatoms. The molecule has 1 aromatic carbocycles. The third-order valence-corrected chi connectivity index (χ3v) is 3.28. The van der Waals surface area contributed by atoms with Gasteiger partial charge in [-0.2, -0.15) is 0 Å². The van der Waals surface area contributed by atoms with Crippen LogP contribution in [0.15, 0.2) is 30.5 Å². The maximum absolute atomic E-state index is 11.1. The van der Waals surface area contributed by atoms with E-state index in [1.807, 2.05) is 24.3 Å². The second kappa shape index (κ2) is 5.44. The zero-order valence-electron chi connectivity index (χ0n) is 10.7. The number of aromatic nitrogens is 1. The van der Waals surface area contributed by atoms with Gasteiger partial charge in [0, 0.05) is 29.9 Å². The van der Waals surface area contributed by atoms with Gasteiger partial charge < -0.3 is 25.7 Å². The topological polar surface area (TPSA) is 116 Å². The van der Waals surface area contributed by atoms with E-state index < -0.39 is 17.6 Å². The van der Waals surface area contributed by atoms with Crippen LogP contribution in [0.4, 0.5) is 0 Å². The number of aliphatic hydroxyl groups is 1. The van der Waals surface area contributed by atoms with Crippen molar-refractivity contribution in [2.45, 2.75) is 24.5 Å². The molecule has 0 saturated carbocycles. The molecule has 0 radical (unpaired) electrons. The van der Waals surface area contributed by atoms with Crippen LogP contribution in [0.25, 0.3) is 10.9 Å². The van der Waals surface area contributed by atoms with Crippen molar-refractivity contribution in [1.82, 2.24) is 4.98 Å². The first-order valence-electron chi connectivity index (χ1n) is 6.17. The molecule has 1 heterocycles. The molecule has 2 aromatic rings. The van der Waals surface area contributed by atoms with Gasteiger partial charge in [0.1, 0.15) is 11.6 Å². The maximum atomic E-state index is 11.1. The molecule has 0 unspecified atom stereocenters. The van der Waals surface area contributed by atoms with Crippen LogP contribution in [-0.4, -0.2) is 39.1 Å². The highest BCUT2D eigenvalue weighted by Crippen LogP contribution is 2.24. The highest BCUT2D eigenvalue weighted by Gasteiger charge is 2.32. The van der Waals surface area contributed by atoms with E-state index >= 15 is 0 Å².